The number of benzene rings is 1. The van der Waals surface area contributed by atoms with Gasteiger partial charge in [-0.1, -0.05) is 0 Å². The minimum absolute atomic E-state index is 0.192. The van der Waals surface area contributed by atoms with Crippen molar-refractivity contribution in [3.05, 3.63) is 33.1 Å². The van der Waals surface area contributed by atoms with E-state index in [1.54, 1.807) is 6.92 Å². The first-order valence-electron chi connectivity index (χ1n) is 4.78. The van der Waals surface area contributed by atoms with E-state index in [1.807, 2.05) is 22.6 Å². The SMILES string of the molecule is CC#CCCNC(=O)c1ccc(F)cc1I. The minimum atomic E-state index is -0.335. The number of rotatable bonds is 3. The van der Waals surface area contributed by atoms with E-state index in [0.29, 0.717) is 22.1 Å². The Balaban J connectivity index is 2.61. The van der Waals surface area contributed by atoms with Crippen molar-refractivity contribution < 1.29 is 9.18 Å². The molecule has 16 heavy (non-hydrogen) atoms. The number of halogens is 2. The summed E-state index contributed by atoms with van der Waals surface area (Å²) in [5, 5.41) is 2.73. The fraction of sp³-hybridized carbons (Fsp3) is 0.250. The van der Waals surface area contributed by atoms with Gasteiger partial charge in [-0.05, 0) is 47.7 Å². The van der Waals surface area contributed by atoms with Crippen LogP contribution in [0, 0.1) is 21.2 Å². The summed E-state index contributed by atoms with van der Waals surface area (Å²) in [7, 11) is 0. The Morgan fingerprint density at radius 2 is 2.31 bits per heavy atom. The molecule has 2 nitrogen and oxygen atoms in total. The quantitative estimate of drug-likeness (QED) is 0.515. The zero-order valence-electron chi connectivity index (χ0n) is 8.81. The molecule has 1 aromatic rings. The number of nitrogens with one attached hydrogen (secondary N) is 1. The second-order valence-electron chi connectivity index (χ2n) is 3.06. The third kappa shape index (κ3) is 3.81. The van der Waals surface area contributed by atoms with Gasteiger partial charge in [0.1, 0.15) is 5.82 Å². The van der Waals surface area contributed by atoms with E-state index in [0.717, 1.165) is 0 Å². The number of hydrogen-bond acceptors (Lipinski definition) is 1. The Hall–Kier alpha value is -1.09. The van der Waals surface area contributed by atoms with Crippen LogP contribution >= 0.6 is 22.6 Å². The molecule has 1 amide bonds. The molecule has 4 heteroatoms. The summed E-state index contributed by atoms with van der Waals surface area (Å²) in [6.07, 6.45) is 0.625. The first-order valence-corrected chi connectivity index (χ1v) is 5.86. The van der Waals surface area contributed by atoms with Gasteiger partial charge < -0.3 is 5.32 Å². The number of carbonyl (C=O) groups is 1. The van der Waals surface area contributed by atoms with E-state index >= 15 is 0 Å². The van der Waals surface area contributed by atoms with Crippen molar-refractivity contribution in [1.82, 2.24) is 5.32 Å². The molecule has 0 spiro atoms. The van der Waals surface area contributed by atoms with E-state index in [9.17, 15) is 9.18 Å². The van der Waals surface area contributed by atoms with Crippen LogP contribution in [0.4, 0.5) is 4.39 Å². The van der Waals surface area contributed by atoms with E-state index < -0.39 is 0 Å². The molecule has 0 radical (unpaired) electrons. The van der Waals surface area contributed by atoms with Crippen LogP contribution in [0.25, 0.3) is 0 Å². The predicted molar refractivity (Wildman–Crippen MR) is 69.5 cm³/mol. The lowest BCUT2D eigenvalue weighted by Crippen LogP contribution is -2.25. The maximum Gasteiger partial charge on any atom is 0.252 e. The minimum Gasteiger partial charge on any atom is -0.351 e. The fourth-order valence-corrected chi connectivity index (χ4v) is 1.85. The number of amides is 1. The number of hydrogen-bond donors (Lipinski definition) is 1. The van der Waals surface area contributed by atoms with Crippen LogP contribution in [0.1, 0.15) is 23.7 Å². The Morgan fingerprint density at radius 3 is 2.94 bits per heavy atom. The van der Waals surface area contributed by atoms with Crippen LogP contribution in [0.15, 0.2) is 18.2 Å². The van der Waals surface area contributed by atoms with Crippen molar-refractivity contribution in [2.24, 2.45) is 0 Å². The largest absolute Gasteiger partial charge is 0.351 e. The van der Waals surface area contributed by atoms with E-state index in [4.69, 9.17) is 0 Å². The van der Waals surface area contributed by atoms with Gasteiger partial charge >= 0.3 is 0 Å². The molecule has 0 atom stereocenters. The van der Waals surface area contributed by atoms with Gasteiger partial charge in [0, 0.05) is 16.5 Å². The van der Waals surface area contributed by atoms with Crippen molar-refractivity contribution >= 4 is 28.5 Å². The number of carbonyl (C=O) groups excluding carboxylic acids is 1. The second kappa shape index (κ2) is 6.48. The zero-order chi connectivity index (χ0) is 12.0. The van der Waals surface area contributed by atoms with Crippen LogP contribution in [0.2, 0.25) is 0 Å². The molecule has 0 aromatic heterocycles. The molecule has 0 aliphatic heterocycles. The normalized spacial score (nSPS) is 9.19. The first-order chi connectivity index (χ1) is 7.65. The highest BCUT2D eigenvalue weighted by Gasteiger charge is 2.09. The highest BCUT2D eigenvalue weighted by molar-refractivity contribution is 14.1. The monoisotopic (exact) mass is 331 g/mol. The van der Waals surface area contributed by atoms with Gasteiger partial charge in [-0.25, -0.2) is 4.39 Å². The Morgan fingerprint density at radius 1 is 1.56 bits per heavy atom. The molecule has 0 aliphatic rings. The van der Waals surface area contributed by atoms with Gasteiger partial charge in [0.2, 0.25) is 0 Å². The molecule has 0 heterocycles. The van der Waals surface area contributed by atoms with Gasteiger partial charge in [-0.2, -0.15) is 0 Å². The van der Waals surface area contributed by atoms with Crippen molar-refractivity contribution in [1.29, 1.82) is 0 Å². The van der Waals surface area contributed by atoms with Crippen molar-refractivity contribution in [2.45, 2.75) is 13.3 Å². The Bertz CT molecular complexity index is 448. The third-order valence-corrected chi connectivity index (χ3v) is 2.78. The van der Waals surface area contributed by atoms with Crippen molar-refractivity contribution in [3.8, 4) is 11.8 Å². The molecule has 1 N–H and O–H groups in total. The lowest BCUT2D eigenvalue weighted by molar-refractivity contribution is 0.0953. The molecule has 0 aliphatic carbocycles. The molecule has 0 saturated carbocycles. The Kier molecular flexibility index (Phi) is 5.26. The molecular weight excluding hydrogens is 320 g/mol. The van der Waals surface area contributed by atoms with Gasteiger partial charge in [0.25, 0.3) is 5.91 Å². The average Bonchev–Trinajstić information content (AvgIpc) is 2.24. The molecule has 84 valence electrons. The molecule has 1 aromatic carbocycles. The van der Waals surface area contributed by atoms with E-state index in [2.05, 4.69) is 17.2 Å². The topological polar surface area (TPSA) is 29.1 Å². The summed E-state index contributed by atoms with van der Waals surface area (Å²) < 4.78 is 13.4. The molecule has 0 unspecified atom stereocenters. The maximum atomic E-state index is 12.8. The molecule has 0 fully saturated rings. The second-order valence-corrected chi connectivity index (χ2v) is 4.22. The van der Waals surface area contributed by atoms with Crippen LogP contribution < -0.4 is 5.32 Å². The van der Waals surface area contributed by atoms with Gasteiger partial charge in [-0.15, -0.1) is 11.8 Å². The smallest absolute Gasteiger partial charge is 0.252 e. The van der Waals surface area contributed by atoms with Gasteiger partial charge in [0.05, 0.1) is 5.56 Å². The van der Waals surface area contributed by atoms with E-state index in [1.165, 1.54) is 18.2 Å². The molecule has 0 saturated heterocycles. The molecule has 1 rings (SSSR count). The van der Waals surface area contributed by atoms with Crippen LogP contribution in [-0.4, -0.2) is 12.5 Å². The van der Waals surface area contributed by atoms with Crippen molar-refractivity contribution in [2.75, 3.05) is 6.54 Å². The lowest BCUT2D eigenvalue weighted by atomic mass is 10.2. The van der Waals surface area contributed by atoms with Crippen LogP contribution in [0.5, 0.6) is 0 Å². The summed E-state index contributed by atoms with van der Waals surface area (Å²) in [4.78, 5) is 11.7. The summed E-state index contributed by atoms with van der Waals surface area (Å²) in [5.74, 6) is 5.07. The average molecular weight is 331 g/mol. The fourth-order valence-electron chi connectivity index (χ4n) is 1.13. The van der Waals surface area contributed by atoms with Gasteiger partial charge in [-0.3, -0.25) is 4.79 Å². The highest BCUT2D eigenvalue weighted by Crippen LogP contribution is 2.13. The summed E-state index contributed by atoms with van der Waals surface area (Å²) in [5.41, 5.74) is 0.492. The Labute approximate surface area is 108 Å². The van der Waals surface area contributed by atoms with Crippen LogP contribution in [-0.2, 0) is 0 Å². The highest BCUT2D eigenvalue weighted by atomic mass is 127. The van der Waals surface area contributed by atoms with E-state index in [-0.39, 0.29) is 11.7 Å². The van der Waals surface area contributed by atoms with Gasteiger partial charge in [0.15, 0.2) is 0 Å². The maximum absolute atomic E-state index is 12.8. The van der Waals surface area contributed by atoms with Crippen LogP contribution in [0.3, 0.4) is 0 Å². The zero-order valence-corrected chi connectivity index (χ0v) is 11.0. The lowest BCUT2D eigenvalue weighted by Gasteiger charge is -2.05. The standard InChI is InChI=1S/C12H11FINO/c1-2-3-4-7-15-12(16)10-6-5-9(13)8-11(10)14/h5-6,8H,4,7H2,1H3,(H,15,16). The summed E-state index contributed by atoms with van der Waals surface area (Å²) in [6, 6.07) is 4.10. The summed E-state index contributed by atoms with van der Waals surface area (Å²) >= 11 is 1.94. The van der Waals surface area contributed by atoms with Crippen molar-refractivity contribution in [3.63, 3.8) is 0 Å². The first kappa shape index (κ1) is 13.0. The third-order valence-electron chi connectivity index (χ3n) is 1.89. The predicted octanol–water partition coefficient (Wildman–Crippen LogP) is 2.57. The summed E-state index contributed by atoms with van der Waals surface area (Å²) in [6.45, 7) is 2.26. The molecular formula is C12H11FINO. The molecule has 0 bridgehead atoms.